The maximum Gasteiger partial charge on any atom is 0.308 e. The molecule has 0 saturated carbocycles. The van der Waals surface area contributed by atoms with Gasteiger partial charge in [-0.2, -0.15) is 0 Å². The molecule has 0 saturated heterocycles. The highest BCUT2D eigenvalue weighted by molar-refractivity contribution is 9.09. The first-order valence-electron chi connectivity index (χ1n) is 7.11. The topological polar surface area (TPSA) is 106 Å². The Hall–Kier alpha value is -1.55. The van der Waals surface area contributed by atoms with E-state index in [-0.39, 0.29) is 29.6 Å². The molecule has 0 radical (unpaired) electrons. The highest BCUT2D eigenvalue weighted by atomic mass is 79.9. The van der Waals surface area contributed by atoms with Crippen LogP contribution in [0.2, 0.25) is 5.02 Å². The maximum atomic E-state index is 11.3. The first kappa shape index (κ1) is 19.8. The van der Waals surface area contributed by atoms with Crippen molar-refractivity contribution in [3.05, 3.63) is 35.0 Å². The van der Waals surface area contributed by atoms with Crippen LogP contribution in [0.5, 0.6) is 11.5 Å². The second-order valence-electron chi connectivity index (χ2n) is 5.00. The van der Waals surface area contributed by atoms with Gasteiger partial charge in [0.25, 0.3) is 0 Å². The molecule has 2 aromatic rings. The Kier molecular flexibility index (Phi) is 6.88. The quantitative estimate of drug-likeness (QED) is 0.338. The van der Waals surface area contributed by atoms with Crippen molar-refractivity contribution in [2.75, 3.05) is 6.54 Å². The second kappa shape index (κ2) is 8.70. The molecule has 0 aliphatic rings. The van der Waals surface area contributed by atoms with Crippen LogP contribution >= 0.6 is 27.5 Å². The van der Waals surface area contributed by atoms with Crippen molar-refractivity contribution in [2.45, 2.75) is 18.2 Å². The zero-order valence-corrected chi connectivity index (χ0v) is 16.2. The largest absolute Gasteiger partial charge is 0.502 e. The van der Waals surface area contributed by atoms with E-state index in [0.717, 1.165) is 0 Å². The number of nitrogens with one attached hydrogen (secondary N) is 1. The molecule has 1 heterocycles. The summed E-state index contributed by atoms with van der Waals surface area (Å²) < 4.78 is 34.2. The van der Waals surface area contributed by atoms with Crippen molar-refractivity contribution >= 4 is 44.4 Å². The smallest absolute Gasteiger partial charge is 0.308 e. The van der Waals surface area contributed by atoms with Crippen molar-refractivity contribution in [3.8, 4) is 22.8 Å². The van der Waals surface area contributed by atoms with Crippen LogP contribution in [0.4, 0.5) is 0 Å². The fourth-order valence-corrected chi connectivity index (χ4v) is 3.05. The number of carbonyl (C=O) groups excluding carboxylic acids is 1. The number of carbonyl (C=O) groups is 1. The molecule has 2 rings (SSSR count). The normalized spacial score (nSPS) is 12.3. The third-order valence-electron chi connectivity index (χ3n) is 3.14. The molecule has 0 bridgehead atoms. The SMILES string of the molecule is CC(=O)Oc1c(C(Br)CCN[SH](=O)=O)oc(-c2ccc(Cl)cc2)c1O. The number of ether oxygens (including phenoxy) is 1. The molecule has 0 spiro atoms. The average molecular weight is 453 g/mol. The molecule has 1 aromatic carbocycles. The lowest BCUT2D eigenvalue weighted by Crippen LogP contribution is -2.14. The van der Waals surface area contributed by atoms with Crippen LogP contribution in [0.15, 0.2) is 28.7 Å². The minimum absolute atomic E-state index is 0.106. The number of hydrogen-bond donors (Lipinski definition) is 3. The Balaban J connectivity index is 2.38. The first-order valence-corrected chi connectivity index (χ1v) is 9.58. The predicted molar refractivity (Wildman–Crippen MR) is 96.7 cm³/mol. The van der Waals surface area contributed by atoms with E-state index in [9.17, 15) is 18.3 Å². The minimum atomic E-state index is -2.71. The Labute approximate surface area is 159 Å². The lowest BCUT2D eigenvalue weighted by Gasteiger charge is -2.08. The molecule has 136 valence electrons. The summed E-state index contributed by atoms with van der Waals surface area (Å²) in [6.45, 7) is 1.34. The van der Waals surface area contributed by atoms with Gasteiger partial charge >= 0.3 is 5.97 Å². The van der Waals surface area contributed by atoms with E-state index < -0.39 is 21.7 Å². The summed E-state index contributed by atoms with van der Waals surface area (Å²) >= 11 is 9.21. The monoisotopic (exact) mass is 451 g/mol. The highest BCUT2D eigenvalue weighted by Crippen LogP contribution is 2.48. The molecular weight excluding hydrogens is 438 g/mol. The van der Waals surface area contributed by atoms with Crippen molar-refractivity contribution in [3.63, 3.8) is 0 Å². The van der Waals surface area contributed by atoms with Crippen molar-refractivity contribution in [1.29, 1.82) is 0 Å². The van der Waals surface area contributed by atoms with E-state index in [1.54, 1.807) is 24.3 Å². The summed E-state index contributed by atoms with van der Waals surface area (Å²) in [5, 5.41) is 10.9. The number of furan rings is 1. The lowest BCUT2D eigenvalue weighted by molar-refractivity contribution is -0.132. The first-order chi connectivity index (χ1) is 11.8. The fourth-order valence-electron chi connectivity index (χ4n) is 2.08. The van der Waals surface area contributed by atoms with Gasteiger partial charge in [-0.05, 0) is 30.7 Å². The molecule has 10 heteroatoms. The Morgan fingerprint density at radius 1 is 1.40 bits per heavy atom. The zero-order chi connectivity index (χ0) is 18.6. The molecule has 0 aliphatic carbocycles. The summed E-state index contributed by atoms with van der Waals surface area (Å²) in [7, 11) is -2.71. The number of esters is 1. The second-order valence-corrected chi connectivity index (χ2v) is 7.37. The minimum Gasteiger partial charge on any atom is -0.502 e. The molecule has 25 heavy (non-hydrogen) atoms. The molecule has 2 N–H and O–H groups in total. The summed E-state index contributed by atoms with van der Waals surface area (Å²) in [6.07, 6.45) is 0.310. The van der Waals surface area contributed by atoms with E-state index in [1.807, 2.05) is 0 Å². The fraction of sp³-hybridized carbons (Fsp3) is 0.267. The summed E-state index contributed by atoms with van der Waals surface area (Å²) in [5.74, 6) is -0.748. The van der Waals surface area contributed by atoms with Crippen LogP contribution in [-0.2, 0) is 15.7 Å². The molecule has 1 aromatic heterocycles. The predicted octanol–water partition coefficient (Wildman–Crippen LogP) is 3.17. The van der Waals surface area contributed by atoms with Crippen molar-refractivity contribution in [2.24, 2.45) is 0 Å². The molecule has 7 nitrogen and oxygen atoms in total. The molecule has 0 amide bonds. The Morgan fingerprint density at radius 3 is 2.60 bits per heavy atom. The average Bonchev–Trinajstić information content (AvgIpc) is 2.84. The van der Waals surface area contributed by atoms with E-state index >= 15 is 0 Å². The van der Waals surface area contributed by atoms with Crippen LogP contribution < -0.4 is 9.46 Å². The highest BCUT2D eigenvalue weighted by Gasteiger charge is 2.28. The number of alkyl halides is 1. The summed E-state index contributed by atoms with van der Waals surface area (Å²) in [5.41, 5.74) is 0.544. The number of thiol groups is 1. The molecule has 0 fully saturated rings. The van der Waals surface area contributed by atoms with Gasteiger partial charge in [0.1, 0.15) is 0 Å². The molecule has 0 aliphatic heterocycles. The summed E-state index contributed by atoms with van der Waals surface area (Å²) in [4.78, 5) is 10.8. The van der Waals surface area contributed by atoms with Gasteiger partial charge in [-0.15, -0.1) is 0 Å². The maximum absolute atomic E-state index is 11.3. The van der Waals surface area contributed by atoms with E-state index in [2.05, 4.69) is 20.7 Å². The van der Waals surface area contributed by atoms with Gasteiger partial charge in [0.15, 0.2) is 11.5 Å². The zero-order valence-electron chi connectivity index (χ0n) is 13.0. The standard InChI is InChI=1S/C15H15BrClNO6S/c1-8(19)23-15-12(20)13(9-2-4-10(17)5-3-9)24-14(15)11(16)6-7-18-25(21)22/h2-5,11,20,25H,6-7H2,1H3,(H,18,21,22). The Bertz CT molecular complexity index is 825. The van der Waals surface area contributed by atoms with Gasteiger partial charge in [-0.3, -0.25) is 4.79 Å². The van der Waals surface area contributed by atoms with E-state index in [4.69, 9.17) is 20.8 Å². The number of hydrogen-bond acceptors (Lipinski definition) is 6. The number of aromatic hydroxyl groups is 1. The van der Waals surface area contributed by atoms with Gasteiger partial charge in [0.05, 0.1) is 4.83 Å². The number of benzene rings is 1. The van der Waals surface area contributed by atoms with Crippen molar-refractivity contribution < 1.29 is 27.5 Å². The van der Waals surface area contributed by atoms with Crippen LogP contribution in [0.3, 0.4) is 0 Å². The van der Waals surface area contributed by atoms with Crippen LogP contribution in [0, 0.1) is 0 Å². The van der Waals surface area contributed by atoms with Gasteiger partial charge in [0.2, 0.25) is 22.4 Å². The molecule has 1 atom stereocenters. The summed E-state index contributed by atoms with van der Waals surface area (Å²) in [6, 6.07) is 6.55. The number of rotatable bonds is 7. The number of halogens is 2. The Morgan fingerprint density at radius 2 is 2.04 bits per heavy atom. The van der Waals surface area contributed by atoms with Gasteiger partial charge in [-0.1, -0.05) is 27.5 Å². The van der Waals surface area contributed by atoms with Gasteiger partial charge in [-0.25, -0.2) is 13.1 Å². The van der Waals surface area contributed by atoms with E-state index in [0.29, 0.717) is 17.0 Å². The third-order valence-corrected chi connectivity index (χ3v) is 4.75. The van der Waals surface area contributed by atoms with Crippen LogP contribution in [-0.4, -0.2) is 26.0 Å². The third kappa shape index (κ3) is 5.21. The van der Waals surface area contributed by atoms with E-state index in [1.165, 1.54) is 6.92 Å². The van der Waals surface area contributed by atoms with Gasteiger partial charge in [0, 0.05) is 24.1 Å². The lowest BCUT2D eigenvalue weighted by atomic mass is 10.1. The van der Waals surface area contributed by atoms with Crippen LogP contribution in [0.1, 0.15) is 23.9 Å². The van der Waals surface area contributed by atoms with Crippen molar-refractivity contribution in [1.82, 2.24) is 4.72 Å². The van der Waals surface area contributed by atoms with Crippen LogP contribution in [0.25, 0.3) is 11.3 Å². The molecular formula is C15H15BrClNO6S. The van der Waals surface area contributed by atoms with Gasteiger partial charge < -0.3 is 14.3 Å². The molecule has 1 unspecified atom stereocenters.